The number of anilines is 1. The molecular formula is C13H14F4N2O5. The van der Waals surface area contributed by atoms with Gasteiger partial charge >= 0.3 is 12.2 Å². The maximum absolute atomic E-state index is 13.9. The number of hydrogen-bond acceptors (Lipinski definition) is 5. The first-order valence-corrected chi connectivity index (χ1v) is 6.45. The Hall–Kier alpha value is -2.59. The largest absolute Gasteiger partial charge is 0.483 e. The summed E-state index contributed by atoms with van der Waals surface area (Å²) >= 11 is 0. The molecule has 0 spiro atoms. The zero-order valence-electron chi connectivity index (χ0n) is 12.8. The summed E-state index contributed by atoms with van der Waals surface area (Å²) in [5, 5.41) is 9.02. The summed E-state index contributed by atoms with van der Waals surface area (Å²) in [5.74, 6) is -5.21. The molecule has 1 heterocycles. The van der Waals surface area contributed by atoms with Crippen molar-refractivity contribution in [2.45, 2.75) is 32.8 Å². The van der Waals surface area contributed by atoms with E-state index in [1.54, 1.807) is 0 Å². The van der Waals surface area contributed by atoms with Crippen molar-refractivity contribution in [2.24, 2.45) is 0 Å². The minimum atomic E-state index is -2.94. The molecule has 7 nitrogen and oxygen atoms in total. The SMILES string of the molecule is CC(C)(C)OC(=O)N(C(=O)O)c1nc(F)c(OCC(F)F)cc1F. The number of amides is 2. The van der Waals surface area contributed by atoms with Crippen molar-refractivity contribution < 1.29 is 41.7 Å². The Balaban J connectivity index is 3.19. The highest BCUT2D eigenvalue weighted by Crippen LogP contribution is 2.26. The van der Waals surface area contributed by atoms with E-state index in [2.05, 4.69) is 9.72 Å². The van der Waals surface area contributed by atoms with E-state index in [1.807, 2.05) is 0 Å². The van der Waals surface area contributed by atoms with Crippen molar-refractivity contribution in [2.75, 3.05) is 11.5 Å². The smallest absolute Gasteiger partial charge is 0.425 e. The number of carboxylic acid groups (broad SMARTS) is 1. The average molecular weight is 354 g/mol. The Morgan fingerprint density at radius 2 is 1.92 bits per heavy atom. The Kier molecular flexibility index (Phi) is 5.93. The molecule has 1 aromatic rings. The number of halogens is 4. The van der Waals surface area contributed by atoms with Gasteiger partial charge in [-0.25, -0.2) is 22.8 Å². The molecule has 0 aromatic carbocycles. The predicted molar refractivity (Wildman–Crippen MR) is 72.4 cm³/mol. The normalized spacial score (nSPS) is 11.3. The van der Waals surface area contributed by atoms with Crippen LogP contribution in [-0.4, -0.2) is 40.9 Å². The summed E-state index contributed by atoms with van der Waals surface area (Å²) in [6, 6.07) is 0.306. The van der Waals surface area contributed by atoms with Gasteiger partial charge in [-0.3, -0.25) is 0 Å². The molecule has 0 aliphatic rings. The van der Waals surface area contributed by atoms with Crippen LogP contribution in [-0.2, 0) is 4.74 Å². The van der Waals surface area contributed by atoms with Crippen molar-refractivity contribution in [3.63, 3.8) is 0 Å². The van der Waals surface area contributed by atoms with Crippen LogP contribution in [0.1, 0.15) is 20.8 Å². The van der Waals surface area contributed by atoms with Crippen molar-refractivity contribution in [1.29, 1.82) is 0 Å². The third-order valence-electron chi connectivity index (χ3n) is 2.22. The molecule has 1 N–H and O–H groups in total. The lowest BCUT2D eigenvalue weighted by Gasteiger charge is -2.24. The highest BCUT2D eigenvalue weighted by Gasteiger charge is 2.33. The molecule has 0 unspecified atom stereocenters. The summed E-state index contributed by atoms with van der Waals surface area (Å²) in [6.07, 6.45) is -6.43. The maximum atomic E-state index is 13.9. The van der Waals surface area contributed by atoms with Crippen LogP contribution >= 0.6 is 0 Å². The quantitative estimate of drug-likeness (QED) is 0.658. The van der Waals surface area contributed by atoms with Crippen LogP contribution in [0, 0.1) is 11.8 Å². The second-order valence-electron chi connectivity index (χ2n) is 5.38. The molecular weight excluding hydrogens is 340 g/mol. The molecule has 2 amide bonds. The number of rotatable bonds is 4. The van der Waals surface area contributed by atoms with Crippen molar-refractivity contribution in [3.8, 4) is 5.75 Å². The Morgan fingerprint density at radius 1 is 1.33 bits per heavy atom. The number of carbonyl (C=O) groups is 2. The van der Waals surface area contributed by atoms with Gasteiger partial charge in [-0.15, -0.1) is 0 Å². The second kappa shape index (κ2) is 7.32. The van der Waals surface area contributed by atoms with Crippen molar-refractivity contribution >= 4 is 18.0 Å². The van der Waals surface area contributed by atoms with Gasteiger partial charge in [0.15, 0.2) is 17.4 Å². The lowest BCUT2D eigenvalue weighted by atomic mass is 10.2. The van der Waals surface area contributed by atoms with Gasteiger partial charge in [0, 0.05) is 6.07 Å². The molecule has 24 heavy (non-hydrogen) atoms. The summed E-state index contributed by atoms with van der Waals surface area (Å²) in [6.45, 7) is 3.07. The molecule has 0 saturated carbocycles. The molecule has 0 aliphatic carbocycles. The minimum absolute atomic E-state index is 0.249. The number of alkyl halides is 2. The molecule has 0 saturated heterocycles. The number of nitrogens with zero attached hydrogens (tertiary/aromatic N) is 2. The fourth-order valence-corrected chi connectivity index (χ4v) is 1.41. The molecule has 0 bridgehead atoms. The average Bonchev–Trinajstić information content (AvgIpc) is 2.38. The molecule has 1 aromatic heterocycles. The summed E-state index contributed by atoms with van der Waals surface area (Å²) in [5.41, 5.74) is -1.11. The summed E-state index contributed by atoms with van der Waals surface area (Å²) < 4.78 is 60.7. The van der Waals surface area contributed by atoms with E-state index in [0.29, 0.717) is 6.07 Å². The Labute approximate surface area is 133 Å². The zero-order chi connectivity index (χ0) is 18.7. The topological polar surface area (TPSA) is 89.0 Å². The molecule has 0 aliphatic heterocycles. The number of pyridine rings is 1. The predicted octanol–water partition coefficient (Wildman–Crippen LogP) is 3.42. The summed E-state index contributed by atoms with van der Waals surface area (Å²) in [4.78, 5) is 25.7. The maximum Gasteiger partial charge on any atom is 0.425 e. The van der Waals surface area contributed by atoms with E-state index >= 15 is 0 Å². The van der Waals surface area contributed by atoms with Crippen LogP contribution < -0.4 is 9.64 Å². The van der Waals surface area contributed by atoms with Gasteiger partial charge in [-0.1, -0.05) is 0 Å². The van der Waals surface area contributed by atoms with Gasteiger partial charge < -0.3 is 14.6 Å². The Morgan fingerprint density at radius 3 is 2.38 bits per heavy atom. The molecule has 0 atom stereocenters. The third-order valence-corrected chi connectivity index (χ3v) is 2.22. The standard InChI is InChI=1S/C13H14F4N2O5/c1-13(2,3)24-12(22)19(11(20)21)10-6(14)4-7(9(17)18-10)23-5-8(15)16/h4,8H,5H2,1-3H3,(H,20,21). The number of hydrogen-bond donors (Lipinski definition) is 1. The first kappa shape index (κ1) is 19.5. The van der Waals surface area contributed by atoms with Crippen LogP contribution in [0.4, 0.5) is 33.0 Å². The monoisotopic (exact) mass is 354 g/mol. The van der Waals surface area contributed by atoms with Crippen LogP contribution in [0.15, 0.2) is 6.07 Å². The van der Waals surface area contributed by atoms with Gasteiger partial charge in [-0.2, -0.15) is 14.3 Å². The van der Waals surface area contributed by atoms with E-state index in [1.165, 1.54) is 20.8 Å². The first-order valence-electron chi connectivity index (χ1n) is 6.45. The van der Waals surface area contributed by atoms with Gasteiger partial charge in [0.05, 0.1) is 0 Å². The Bertz CT molecular complexity index is 634. The number of aromatic nitrogens is 1. The molecule has 1 rings (SSSR count). The van der Waals surface area contributed by atoms with Gasteiger partial charge in [0.2, 0.25) is 0 Å². The third kappa shape index (κ3) is 5.25. The lowest BCUT2D eigenvalue weighted by molar-refractivity contribution is 0.0579. The van der Waals surface area contributed by atoms with Crippen LogP contribution in [0.2, 0.25) is 0 Å². The minimum Gasteiger partial charge on any atom is -0.483 e. The molecule has 11 heteroatoms. The number of ether oxygens (including phenoxy) is 2. The van der Waals surface area contributed by atoms with Crippen molar-refractivity contribution in [1.82, 2.24) is 4.98 Å². The van der Waals surface area contributed by atoms with E-state index in [4.69, 9.17) is 9.84 Å². The fourth-order valence-electron chi connectivity index (χ4n) is 1.41. The lowest BCUT2D eigenvalue weighted by Crippen LogP contribution is -2.41. The zero-order valence-corrected chi connectivity index (χ0v) is 12.8. The summed E-state index contributed by atoms with van der Waals surface area (Å²) in [7, 11) is 0. The van der Waals surface area contributed by atoms with E-state index < -0.39 is 54.2 Å². The number of carbonyl (C=O) groups excluding carboxylic acids is 1. The fraction of sp³-hybridized carbons (Fsp3) is 0.462. The van der Waals surface area contributed by atoms with Crippen LogP contribution in [0.5, 0.6) is 5.75 Å². The van der Waals surface area contributed by atoms with Crippen LogP contribution in [0.3, 0.4) is 0 Å². The second-order valence-corrected chi connectivity index (χ2v) is 5.38. The number of imide groups is 1. The molecule has 0 radical (unpaired) electrons. The van der Waals surface area contributed by atoms with Crippen molar-refractivity contribution in [3.05, 3.63) is 17.8 Å². The van der Waals surface area contributed by atoms with E-state index in [9.17, 15) is 27.2 Å². The first-order chi connectivity index (χ1) is 10.9. The van der Waals surface area contributed by atoms with E-state index in [-0.39, 0.29) is 4.90 Å². The highest BCUT2D eigenvalue weighted by atomic mass is 19.3. The van der Waals surface area contributed by atoms with E-state index in [0.717, 1.165) is 0 Å². The van der Waals surface area contributed by atoms with Gasteiger partial charge in [-0.05, 0) is 20.8 Å². The van der Waals surface area contributed by atoms with Crippen LogP contribution in [0.25, 0.3) is 0 Å². The van der Waals surface area contributed by atoms with Gasteiger partial charge in [0.25, 0.3) is 12.4 Å². The molecule has 134 valence electrons. The van der Waals surface area contributed by atoms with Gasteiger partial charge in [0.1, 0.15) is 12.2 Å². The highest BCUT2D eigenvalue weighted by molar-refractivity contribution is 6.07. The molecule has 0 fully saturated rings.